The Kier molecular flexibility index (Phi) is 14.0. The van der Waals surface area contributed by atoms with Crippen molar-refractivity contribution in [1.82, 2.24) is 10.6 Å². The molecular weight excluding hydrogens is 485 g/mol. The van der Waals surface area contributed by atoms with E-state index in [9.17, 15) is 5.11 Å². The van der Waals surface area contributed by atoms with Crippen molar-refractivity contribution in [2.75, 3.05) is 52.7 Å². The molecule has 2 rings (SSSR count). The third-order valence-electron chi connectivity index (χ3n) is 4.37. The van der Waals surface area contributed by atoms with E-state index in [1.807, 2.05) is 38.1 Å². The third-order valence-corrected chi connectivity index (χ3v) is 4.37. The Hall–Kier alpha value is -1.10. The van der Waals surface area contributed by atoms with Crippen molar-refractivity contribution in [2.45, 2.75) is 32.8 Å². The summed E-state index contributed by atoms with van der Waals surface area (Å²) in [5.41, 5.74) is 1.13. The summed E-state index contributed by atoms with van der Waals surface area (Å²) in [6.07, 6.45) is 1.34. The average molecular weight is 521 g/mol. The van der Waals surface area contributed by atoms with Crippen LogP contribution in [-0.2, 0) is 9.47 Å². The fourth-order valence-corrected chi connectivity index (χ4v) is 2.83. The van der Waals surface area contributed by atoms with Crippen LogP contribution in [0.1, 0.15) is 25.3 Å². The first-order valence-corrected chi connectivity index (χ1v) is 10.2. The van der Waals surface area contributed by atoms with Gasteiger partial charge >= 0.3 is 0 Å². The number of aliphatic hydroxyl groups excluding tert-OH is 1. The van der Waals surface area contributed by atoms with E-state index in [0.717, 1.165) is 63.7 Å². The van der Waals surface area contributed by atoms with E-state index in [0.29, 0.717) is 11.9 Å². The van der Waals surface area contributed by atoms with E-state index in [-0.39, 0.29) is 37.1 Å². The Bertz CT molecular complexity index is 583. The molecule has 1 fully saturated rings. The lowest BCUT2D eigenvalue weighted by Gasteiger charge is -2.14. The number of hydrogen-bond donors (Lipinski definition) is 3. The van der Waals surface area contributed by atoms with Gasteiger partial charge in [0, 0.05) is 32.2 Å². The zero-order valence-electron chi connectivity index (χ0n) is 17.6. The number of nitrogens with one attached hydrogen (secondary N) is 2. The molecule has 7 nitrogen and oxygen atoms in total. The number of halogens is 1. The number of aliphatic imine (C=N–C) groups is 1. The van der Waals surface area contributed by atoms with Gasteiger partial charge in [-0.05, 0) is 44.4 Å². The minimum absolute atomic E-state index is 0. The van der Waals surface area contributed by atoms with Crippen LogP contribution in [0.4, 0.5) is 0 Å². The van der Waals surface area contributed by atoms with Crippen LogP contribution in [0, 0.1) is 12.8 Å². The monoisotopic (exact) mass is 521 g/mol. The summed E-state index contributed by atoms with van der Waals surface area (Å²) in [5, 5.41) is 16.6. The van der Waals surface area contributed by atoms with Gasteiger partial charge < -0.3 is 30.0 Å². The maximum atomic E-state index is 10.1. The van der Waals surface area contributed by atoms with E-state index < -0.39 is 6.10 Å². The molecule has 1 saturated heterocycles. The summed E-state index contributed by atoms with van der Waals surface area (Å²) in [7, 11) is 0. The Morgan fingerprint density at radius 2 is 2.24 bits per heavy atom. The van der Waals surface area contributed by atoms with Crippen LogP contribution in [0.5, 0.6) is 5.75 Å². The summed E-state index contributed by atoms with van der Waals surface area (Å²) >= 11 is 0. The smallest absolute Gasteiger partial charge is 0.191 e. The molecule has 1 aromatic rings. The second kappa shape index (κ2) is 15.7. The van der Waals surface area contributed by atoms with Crippen molar-refractivity contribution in [3.8, 4) is 5.75 Å². The Balaban J connectivity index is 0.00000420. The molecule has 0 radical (unpaired) electrons. The molecule has 29 heavy (non-hydrogen) atoms. The van der Waals surface area contributed by atoms with Crippen molar-refractivity contribution >= 4 is 29.9 Å². The Morgan fingerprint density at radius 1 is 1.38 bits per heavy atom. The molecule has 0 bridgehead atoms. The Morgan fingerprint density at radius 3 is 2.97 bits per heavy atom. The van der Waals surface area contributed by atoms with Crippen LogP contribution in [-0.4, -0.2) is 69.8 Å². The molecule has 0 spiro atoms. The van der Waals surface area contributed by atoms with Gasteiger partial charge in [-0.2, -0.15) is 0 Å². The van der Waals surface area contributed by atoms with Crippen LogP contribution in [0.3, 0.4) is 0 Å². The van der Waals surface area contributed by atoms with E-state index in [4.69, 9.17) is 14.2 Å². The number of guanidine groups is 1. The quantitative estimate of drug-likeness (QED) is 0.170. The van der Waals surface area contributed by atoms with Crippen LogP contribution >= 0.6 is 24.0 Å². The van der Waals surface area contributed by atoms with Gasteiger partial charge in [-0.3, -0.25) is 4.99 Å². The maximum Gasteiger partial charge on any atom is 0.191 e. The lowest BCUT2D eigenvalue weighted by Crippen LogP contribution is -2.39. The molecule has 166 valence electrons. The molecule has 1 aromatic carbocycles. The van der Waals surface area contributed by atoms with Gasteiger partial charge in [-0.25, -0.2) is 0 Å². The number of benzene rings is 1. The molecular formula is C21H36IN3O4. The van der Waals surface area contributed by atoms with Gasteiger partial charge in [-0.1, -0.05) is 12.1 Å². The van der Waals surface area contributed by atoms with Gasteiger partial charge in [0.15, 0.2) is 5.96 Å². The average Bonchev–Trinajstić information content (AvgIpc) is 3.20. The molecule has 0 saturated carbocycles. The van der Waals surface area contributed by atoms with Crippen molar-refractivity contribution < 1.29 is 19.3 Å². The zero-order valence-corrected chi connectivity index (χ0v) is 19.9. The van der Waals surface area contributed by atoms with Gasteiger partial charge in [0.05, 0.1) is 19.8 Å². The minimum Gasteiger partial charge on any atom is -0.491 e. The van der Waals surface area contributed by atoms with Crippen molar-refractivity contribution in [3.05, 3.63) is 29.8 Å². The minimum atomic E-state index is -0.659. The van der Waals surface area contributed by atoms with Gasteiger partial charge in [0.2, 0.25) is 0 Å². The fraction of sp³-hybridized carbons (Fsp3) is 0.667. The van der Waals surface area contributed by atoms with E-state index in [2.05, 4.69) is 15.6 Å². The molecule has 8 heteroatoms. The number of nitrogens with zero attached hydrogens (tertiary/aromatic N) is 1. The first kappa shape index (κ1) is 25.9. The first-order chi connectivity index (χ1) is 13.7. The molecule has 0 aromatic heterocycles. The Labute approximate surface area is 191 Å². The highest BCUT2D eigenvalue weighted by Crippen LogP contribution is 2.13. The molecule has 0 amide bonds. The third kappa shape index (κ3) is 11.6. The molecule has 1 aliphatic heterocycles. The summed E-state index contributed by atoms with van der Waals surface area (Å²) in [5.74, 6) is 2.01. The predicted octanol–water partition coefficient (Wildman–Crippen LogP) is 2.35. The SMILES string of the molecule is CCNC(=NCC(O)COc1cccc(C)c1)NCCCOCC1CCOC1.I. The predicted molar refractivity (Wildman–Crippen MR) is 126 cm³/mol. The molecule has 0 aliphatic carbocycles. The van der Waals surface area contributed by atoms with E-state index in [1.54, 1.807) is 0 Å². The lowest BCUT2D eigenvalue weighted by molar-refractivity contribution is 0.0888. The van der Waals surface area contributed by atoms with Gasteiger partial charge in [-0.15, -0.1) is 24.0 Å². The first-order valence-electron chi connectivity index (χ1n) is 10.2. The van der Waals surface area contributed by atoms with Crippen LogP contribution in [0.25, 0.3) is 0 Å². The molecule has 3 N–H and O–H groups in total. The standard InChI is InChI=1S/C21H35N3O4.HI/c1-3-22-21(23-9-5-10-26-14-18-8-11-27-15-18)24-13-19(25)16-28-20-7-4-6-17(2)12-20;/h4,6-7,12,18-19,25H,3,5,8-11,13-16H2,1-2H3,(H2,22,23,24);1H. The molecule has 1 heterocycles. The van der Waals surface area contributed by atoms with Gasteiger partial charge in [0.25, 0.3) is 0 Å². The van der Waals surface area contributed by atoms with Crippen molar-refractivity contribution in [3.63, 3.8) is 0 Å². The summed E-state index contributed by atoms with van der Waals surface area (Å²) in [6, 6.07) is 7.78. The number of aliphatic hydroxyl groups is 1. The second-order valence-corrected chi connectivity index (χ2v) is 7.09. The summed E-state index contributed by atoms with van der Waals surface area (Å²) < 4.78 is 16.7. The molecule has 2 atom stereocenters. The van der Waals surface area contributed by atoms with Crippen LogP contribution < -0.4 is 15.4 Å². The van der Waals surface area contributed by atoms with Crippen molar-refractivity contribution in [2.24, 2.45) is 10.9 Å². The normalized spacial score (nSPS) is 17.5. The highest BCUT2D eigenvalue weighted by atomic mass is 127. The lowest BCUT2D eigenvalue weighted by atomic mass is 10.1. The largest absolute Gasteiger partial charge is 0.491 e. The maximum absolute atomic E-state index is 10.1. The summed E-state index contributed by atoms with van der Waals surface area (Å²) in [4.78, 5) is 4.43. The number of rotatable bonds is 12. The second-order valence-electron chi connectivity index (χ2n) is 7.09. The highest BCUT2D eigenvalue weighted by Gasteiger charge is 2.15. The molecule has 1 aliphatic rings. The van der Waals surface area contributed by atoms with Crippen molar-refractivity contribution in [1.29, 1.82) is 0 Å². The van der Waals surface area contributed by atoms with E-state index in [1.165, 1.54) is 0 Å². The topological polar surface area (TPSA) is 84.3 Å². The van der Waals surface area contributed by atoms with E-state index >= 15 is 0 Å². The number of hydrogen-bond acceptors (Lipinski definition) is 5. The van der Waals surface area contributed by atoms with Gasteiger partial charge in [0.1, 0.15) is 18.5 Å². The highest BCUT2D eigenvalue weighted by molar-refractivity contribution is 14.0. The van der Waals surface area contributed by atoms with Crippen LogP contribution in [0.2, 0.25) is 0 Å². The fourth-order valence-electron chi connectivity index (χ4n) is 2.83. The summed E-state index contributed by atoms with van der Waals surface area (Å²) in [6.45, 7) is 9.23. The number of ether oxygens (including phenoxy) is 3. The molecule has 2 unspecified atom stereocenters. The zero-order chi connectivity index (χ0) is 20.0. The van der Waals surface area contributed by atoms with Crippen LogP contribution in [0.15, 0.2) is 29.3 Å². The number of aryl methyl sites for hydroxylation is 1.